The molecule has 0 aliphatic rings. The van der Waals surface area contributed by atoms with E-state index in [2.05, 4.69) is 0 Å². The van der Waals surface area contributed by atoms with E-state index in [0.29, 0.717) is 0 Å². The van der Waals surface area contributed by atoms with E-state index in [9.17, 15) is 19.8 Å². The Labute approximate surface area is 146 Å². The maximum absolute atomic E-state index is 10.2. The molecular formula is C14H11Li2NO4. The van der Waals surface area contributed by atoms with E-state index in [-0.39, 0.29) is 54.5 Å². The number of rotatable bonds is 2. The van der Waals surface area contributed by atoms with Crippen LogP contribution in [0.3, 0.4) is 0 Å². The molecule has 5 nitrogen and oxygen atoms in total. The molecule has 0 spiro atoms. The summed E-state index contributed by atoms with van der Waals surface area (Å²) < 4.78 is 0. The first kappa shape index (κ1) is 21.7. The van der Waals surface area contributed by atoms with Gasteiger partial charge in [-0.3, -0.25) is 0 Å². The van der Waals surface area contributed by atoms with Gasteiger partial charge in [-0.15, -0.1) is 0 Å². The van der Waals surface area contributed by atoms with Crippen molar-refractivity contribution in [3.8, 4) is 0 Å². The van der Waals surface area contributed by atoms with Gasteiger partial charge in [0.2, 0.25) is 0 Å². The Morgan fingerprint density at radius 1 is 0.762 bits per heavy atom. The number of carbonyl (C=O) groups is 2. The van der Waals surface area contributed by atoms with Crippen LogP contribution in [-0.2, 0) is 0 Å². The Morgan fingerprint density at radius 3 is 1.57 bits per heavy atom. The fourth-order valence-electron chi connectivity index (χ4n) is 1.26. The van der Waals surface area contributed by atoms with Gasteiger partial charge in [-0.2, -0.15) is 0 Å². The van der Waals surface area contributed by atoms with Crippen LogP contribution in [0, 0.1) is 0 Å². The van der Waals surface area contributed by atoms with Crippen LogP contribution >= 0.6 is 0 Å². The summed E-state index contributed by atoms with van der Waals surface area (Å²) in [5.74, 6) is -2.37. The minimum Gasteiger partial charge on any atom is -0.545 e. The van der Waals surface area contributed by atoms with Crippen molar-refractivity contribution in [3.63, 3.8) is 0 Å². The maximum atomic E-state index is 10.2. The number of nitrogens with two attached hydrogens (primary N) is 1. The standard InChI is InChI=1S/C7H7NO2.C7H6O2.2Li/c8-6-4-2-1-3-5(6)7(9)10;8-7(9)6-4-2-1-3-5-6;;/h1-4H,8H2,(H,9,10);1-5H,(H,8,9);;/q;;2*+1/p-2. The van der Waals surface area contributed by atoms with Gasteiger partial charge in [0.15, 0.2) is 0 Å². The maximum Gasteiger partial charge on any atom is 1.00 e. The Kier molecular flexibility index (Phi) is 11.4. The van der Waals surface area contributed by atoms with Crippen LogP contribution in [0.5, 0.6) is 0 Å². The molecule has 0 saturated heterocycles. The van der Waals surface area contributed by atoms with Crippen molar-refractivity contribution in [2.24, 2.45) is 0 Å². The van der Waals surface area contributed by atoms with E-state index >= 15 is 0 Å². The molecule has 7 heteroatoms. The monoisotopic (exact) mass is 271 g/mol. The van der Waals surface area contributed by atoms with Crippen molar-refractivity contribution in [1.82, 2.24) is 0 Å². The van der Waals surface area contributed by atoms with Crippen LogP contribution in [-0.4, -0.2) is 11.9 Å². The predicted octanol–water partition coefficient (Wildman–Crippen LogP) is -6.31. The number of carboxylic acids is 2. The number of hydrogen-bond acceptors (Lipinski definition) is 5. The average Bonchev–Trinajstić information content (AvgIpc) is 2.40. The number of anilines is 1. The van der Waals surface area contributed by atoms with E-state index in [1.54, 1.807) is 30.3 Å². The second-order valence-electron chi connectivity index (χ2n) is 3.53. The van der Waals surface area contributed by atoms with Gasteiger partial charge >= 0.3 is 37.7 Å². The van der Waals surface area contributed by atoms with Gasteiger partial charge in [-0.1, -0.05) is 48.5 Å². The van der Waals surface area contributed by atoms with Crippen LogP contribution in [0.4, 0.5) is 5.69 Å². The van der Waals surface area contributed by atoms with E-state index < -0.39 is 11.9 Å². The van der Waals surface area contributed by atoms with E-state index in [4.69, 9.17) is 5.73 Å². The Hall–Kier alpha value is -1.63. The largest absolute Gasteiger partial charge is 1.00 e. The Bertz CT molecular complexity index is 576. The normalized spacial score (nSPS) is 8.19. The van der Waals surface area contributed by atoms with Gasteiger partial charge in [0, 0.05) is 11.3 Å². The van der Waals surface area contributed by atoms with Crippen molar-refractivity contribution in [3.05, 3.63) is 65.7 Å². The second kappa shape index (κ2) is 11.1. The van der Waals surface area contributed by atoms with Gasteiger partial charge < -0.3 is 25.5 Å². The van der Waals surface area contributed by atoms with Crippen LogP contribution < -0.4 is 53.7 Å². The van der Waals surface area contributed by atoms with Crippen molar-refractivity contribution < 1.29 is 57.5 Å². The van der Waals surface area contributed by atoms with Crippen molar-refractivity contribution in [2.45, 2.75) is 0 Å². The van der Waals surface area contributed by atoms with Gasteiger partial charge in [0.1, 0.15) is 0 Å². The molecule has 2 aromatic rings. The van der Waals surface area contributed by atoms with Gasteiger partial charge in [-0.05, 0) is 11.6 Å². The average molecular weight is 271 g/mol. The number of para-hydroxylation sites is 1. The molecule has 0 amide bonds. The zero-order chi connectivity index (χ0) is 14.3. The summed E-state index contributed by atoms with van der Waals surface area (Å²) in [6, 6.07) is 14.3. The SMILES string of the molecule is Nc1ccccc1C(=O)[O-].O=C([O-])c1ccccc1.[Li+].[Li+]. The van der Waals surface area contributed by atoms with Gasteiger partial charge in [0.25, 0.3) is 0 Å². The van der Waals surface area contributed by atoms with Crippen molar-refractivity contribution in [1.29, 1.82) is 0 Å². The summed E-state index contributed by atoms with van der Waals surface area (Å²) in [5, 5.41) is 20.3. The summed E-state index contributed by atoms with van der Waals surface area (Å²) in [5.41, 5.74) is 5.80. The number of hydrogen-bond donors (Lipinski definition) is 1. The predicted molar refractivity (Wildman–Crippen MR) is 66.0 cm³/mol. The first-order valence-electron chi connectivity index (χ1n) is 5.34. The first-order valence-corrected chi connectivity index (χ1v) is 5.34. The number of carboxylic acid groups (broad SMARTS) is 2. The third-order valence-electron chi connectivity index (χ3n) is 2.19. The van der Waals surface area contributed by atoms with E-state index in [0.717, 1.165) is 0 Å². The quantitative estimate of drug-likeness (QED) is 0.432. The fourth-order valence-corrected chi connectivity index (χ4v) is 1.26. The topological polar surface area (TPSA) is 106 Å². The molecule has 0 bridgehead atoms. The summed E-state index contributed by atoms with van der Waals surface area (Å²) in [7, 11) is 0. The van der Waals surface area contributed by atoms with Crippen molar-refractivity contribution in [2.75, 3.05) is 5.73 Å². The molecule has 0 aliphatic carbocycles. The molecule has 0 heterocycles. The molecular weight excluding hydrogens is 260 g/mol. The molecule has 0 aromatic heterocycles. The molecule has 98 valence electrons. The van der Waals surface area contributed by atoms with E-state index in [1.165, 1.54) is 24.3 Å². The molecule has 2 aromatic carbocycles. The number of nitrogen functional groups attached to an aromatic ring is 1. The van der Waals surface area contributed by atoms with Gasteiger partial charge in [-0.25, -0.2) is 0 Å². The summed E-state index contributed by atoms with van der Waals surface area (Å²) in [4.78, 5) is 20.3. The minimum absolute atomic E-state index is 0. The molecule has 2 N–H and O–H groups in total. The molecule has 21 heavy (non-hydrogen) atoms. The first-order chi connectivity index (χ1) is 9.02. The number of aromatic carboxylic acids is 2. The summed E-state index contributed by atoms with van der Waals surface area (Å²) in [6.07, 6.45) is 0. The number of benzene rings is 2. The zero-order valence-electron chi connectivity index (χ0n) is 11.9. The molecule has 0 unspecified atom stereocenters. The molecule has 0 atom stereocenters. The van der Waals surface area contributed by atoms with Crippen LogP contribution in [0.15, 0.2) is 54.6 Å². The summed E-state index contributed by atoms with van der Waals surface area (Å²) >= 11 is 0. The second-order valence-corrected chi connectivity index (χ2v) is 3.53. The third kappa shape index (κ3) is 7.65. The molecule has 0 fully saturated rings. The molecule has 0 saturated carbocycles. The van der Waals surface area contributed by atoms with Gasteiger partial charge in [0.05, 0.1) is 11.9 Å². The number of carbonyl (C=O) groups excluding carboxylic acids is 2. The molecule has 2 rings (SSSR count). The summed E-state index contributed by atoms with van der Waals surface area (Å²) in [6.45, 7) is 0. The Balaban J connectivity index is 0. The van der Waals surface area contributed by atoms with Crippen LogP contribution in [0.1, 0.15) is 20.7 Å². The molecule has 0 aliphatic heterocycles. The smallest absolute Gasteiger partial charge is 0.545 e. The minimum atomic E-state index is -1.24. The van der Waals surface area contributed by atoms with Crippen LogP contribution in [0.2, 0.25) is 0 Å². The van der Waals surface area contributed by atoms with E-state index in [1.807, 2.05) is 0 Å². The van der Waals surface area contributed by atoms with Crippen LogP contribution in [0.25, 0.3) is 0 Å². The Morgan fingerprint density at radius 2 is 1.24 bits per heavy atom. The molecule has 0 radical (unpaired) electrons. The fraction of sp³-hybridized carbons (Fsp3) is 0. The van der Waals surface area contributed by atoms with Crippen molar-refractivity contribution >= 4 is 17.6 Å². The third-order valence-corrected chi connectivity index (χ3v) is 2.19. The zero-order valence-corrected chi connectivity index (χ0v) is 11.9.